The average molecular weight is 345 g/mol. The zero-order chi connectivity index (χ0) is 16.7. The van der Waals surface area contributed by atoms with Gasteiger partial charge < -0.3 is 0 Å². The van der Waals surface area contributed by atoms with Gasteiger partial charge in [-0.2, -0.15) is 31.1 Å². The van der Waals surface area contributed by atoms with Crippen LogP contribution in [0.5, 0.6) is 0 Å². The molecule has 1 aromatic heterocycles. The highest BCUT2D eigenvalue weighted by atomic mass is 35.5. The molecule has 4 nitrogen and oxygen atoms in total. The summed E-state index contributed by atoms with van der Waals surface area (Å²) in [5.41, 5.74) is -3.32. The van der Waals surface area contributed by atoms with Crippen molar-refractivity contribution in [2.75, 3.05) is 0 Å². The first kappa shape index (κ1) is 16.5. The molecule has 1 atom stereocenters. The minimum atomic E-state index is -4.94. The van der Waals surface area contributed by atoms with E-state index in [1.165, 1.54) is 7.05 Å². The summed E-state index contributed by atoms with van der Waals surface area (Å²) < 4.78 is 76.5. The molecule has 22 heavy (non-hydrogen) atoms. The van der Waals surface area contributed by atoms with Gasteiger partial charge in [0.05, 0.1) is 18.2 Å². The number of rotatable bonds is 2. The van der Waals surface area contributed by atoms with Crippen molar-refractivity contribution in [3.8, 4) is 0 Å². The van der Waals surface area contributed by atoms with Crippen molar-refractivity contribution in [2.24, 2.45) is 7.05 Å². The summed E-state index contributed by atoms with van der Waals surface area (Å²) in [5.74, 6) is -0.198. The lowest BCUT2D eigenvalue weighted by atomic mass is 10.0. The lowest BCUT2D eigenvalue weighted by molar-refractivity contribution is -0.143. The smallest absolute Gasteiger partial charge is 0.167 e. The number of benzene rings is 1. The van der Waals surface area contributed by atoms with Crippen LogP contribution < -0.4 is 0 Å². The van der Waals surface area contributed by atoms with Crippen molar-refractivity contribution < 1.29 is 26.3 Å². The van der Waals surface area contributed by atoms with Crippen LogP contribution in [0.1, 0.15) is 27.9 Å². The Bertz CT molecular complexity index is 646. The summed E-state index contributed by atoms with van der Waals surface area (Å²) in [6.07, 6.45) is -9.88. The van der Waals surface area contributed by atoms with Crippen LogP contribution in [0.3, 0.4) is 0 Å². The monoisotopic (exact) mass is 344 g/mol. The molecule has 0 saturated heterocycles. The second-order valence-electron chi connectivity index (χ2n) is 4.34. The van der Waals surface area contributed by atoms with E-state index in [0.29, 0.717) is 12.1 Å². The molecule has 1 aromatic carbocycles. The molecule has 0 aliphatic carbocycles. The van der Waals surface area contributed by atoms with Gasteiger partial charge in [-0.3, -0.25) is 0 Å². The number of aryl methyl sites for hydroxylation is 1. The van der Waals surface area contributed by atoms with E-state index in [0.717, 1.165) is 4.80 Å². The Morgan fingerprint density at radius 3 is 1.86 bits per heavy atom. The topological polar surface area (TPSA) is 43.6 Å². The van der Waals surface area contributed by atoms with Crippen molar-refractivity contribution in [3.63, 3.8) is 0 Å². The third-order valence-corrected chi connectivity index (χ3v) is 3.10. The highest BCUT2D eigenvalue weighted by molar-refractivity contribution is 6.22. The van der Waals surface area contributed by atoms with Crippen LogP contribution >= 0.6 is 11.6 Å². The number of halogens is 7. The van der Waals surface area contributed by atoms with Crippen molar-refractivity contribution in [1.29, 1.82) is 0 Å². The summed E-state index contributed by atoms with van der Waals surface area (Å²) in [7, 11) is 1.38. The van der Waals surface area contributed by atoms with Crippen molar-refractivity contribution >= 4 is 11.6 Å². The maximum absolute atomic E-state index is 12.7. The van der Waals surface area contributed by atoms with Crippen LogP contribution in [0.2, 0.25) is 0 Å². The molecule has 120 valence electrons. The van der Waals surface area contributed by atoms with E-state index in [-0.39, 0.29) is 11.9 Å². The molecule has 11 heteroatoms. The summed E-state index contributed by atoms with van der Waals surface area (Å²) >= 11 is 5.88. The maximum Gasteiger partial charge on any atom is 0.416 e. The van der Waals surface area contributed by atoms with Gasteiger partial charge in [-0.05, 0) is 29.0 Å². The van der Waals surface area contributed by atoms with Crippen LogP contribution in [-0.2, 0) is 19.4 Å². The number of hydrogen-bond acceptors (Lipinski definition) is 3. The fourth-order valence-electron chi connectivity index (χ4n) is 1.67. The number of tetrazole rings is 1. The van der Waals surface area contributed by atoms with Crippen LogP contribution in [0.4, 0.5) is 26.3 Å². The van der Waals surface area contributed by atoms with Gasteiger partial charge >= 0.3 is 12.4 Å². The largest absolute Gasteiger partial charge is 0.416 e. The predicted octanol–water partition coefficient (Wildman–Crippen LogP) is 3.58. The molecule has 1 heterocycles. The summed E-state index contributed by atoms with van der Waals surface area (Å²) in [4.78, 5) is 0.989. The number of aromatic nitrogens is 4. The molecule has 0 fully saturated rings. The van der Waals surface area contributed by atoms with E-state index in [1.807, 2.05) is 0 Å². The Kier molecular flexibility index (Phi) is 4.07. The van der Waals surface area contributed by atoms with Crippen LogP contribution in [0.15, 0.2) is 18.2 Å². The Morgan fingerprint density at radius 1 is 1.00 bits per heavy atom. The Hall–Kier alpha value is -1.84. The number of alkyl halides is 7. The van der Waals surface area contributed by atoms with Crippen molar-refractivity contribution in [1.82, 2.24) is 20.2 Å². The Balaban J connectivity index is 2.55. The third kappa shape index (κ3) is 3.49. The third-order valence-electron chi connectivity index (χ3n) is 2.65. The van der Waals surface area contributed by atoms with E-state index >= 15 is 0 Å². The first-order chi connectivity index (χ1) is 9.98. The van der Waals surface area contributed by atoms with Gasteiger partial charge in [-0.1, -0.05) is 0 Å². The van der Waals surface area contributed by atoms with Gasteiger partial charge in [0.1, 0.15) is 5.38 Å². The molecule has 0 aliphatic heterocycles. The highest BCUT2D eigenvalue weighted by Gasteiger charge is 2.37. The van der Waals surface area contributed by atoms with Crippen LogP contribution in [0.25, 0.3) is 0 Å². The molecule has 0 bridgehead atoms. The second-order valence-corrected chi connectivity index (χ2v) is 4.78. The molecular formula is C11H7ClF6N4. The van der Waals surface area contributed by atoms with E-state index in [9.17, 15) is 26.3 Å². The van der Waals surface area contributed by atoms with Gasteiger partial charge in [0.2, 0.25) is 0 Å². The van der Waals surface area contributed by atoms with Crippen LogP contribution in [-0.4, -0.2) is 20.2 Å². The van der Waals surface area contributed by atoms with Gasteiger partial charge in [-0.15, -0.1) is 21.8 Å². The normalized spacial score (nSPS) is 14.2. The number of nitrogens with zero attached hydrogens (tertiary/aromatic N) is 4. The predicted molar refractivity (Wildman–Crippen MR) is 62.9 cm³/mol. The average Bonchev–Trinajstić information content (AvgIpc) is 2.82. The SMILES string of the molecule is Cn1nnc(C(Cl)c2cc(C(F)(F)F)cc(C(F)(F)F)c2)n1. The summed E-state index contributed by atoms with van der Waals surface area (Å²) in [6, 6.07) is 1.09. The van der Waals surface area contributed by atoms with E-state index in [1.54, 1.807) is 0 Å². The molecule has 0 N–H and O–H groups in total. The molecular weight excluding hydrogens is 338 g/mol. The molecule has 0 saturated carbocycles. The number of hydrogen-bond donors (Lipinski definition) is 0. The van der Waals surface area contributed by atoms with E-state index in [2.05, 4.69) is 15.4 Å². The molecule has 2 rings (SSSR count). The first-order valence-electron chi connectivity index (χ1n) is 5.66. The molecule has 0 amide bonds. The van der Waals surface area contributed by atoms with Gasteiger partial charge in [0, 0.05) is 0 Å². The zero-order valence-electron chi connectivity index (χ0n) is 10.7. The van der Waals surface area contributed by atoms with Gasteiger partial charge in [0.25, 0.3) is 0 Å². The van der Waals surface area contributed by atoms with Gasteiger partial charge in [-0.25, -0.2) is 0 Å². The van der Waals surface area contributed by atoms with E-state index < -0.39 is 34.4 Å². The quantitative estimate of drug-likeness (QED) is 0.618. The second kappa shape index (κ2) is 5.41. The molecule has 1 unspecified atom stereocenters. The maximum atomic E-state index is 12.7. The minimum absolute atomic E-state index is 0.0250. The molecule has 2 aromatic rings. The minimum Gasteiger partial charge on any atom is -0.167 e. The summed E-state index contributed by atoms with van der Waals surface area (Å²) in [6.45, 7) is 0. The molecule has 0 aliphatic rings. The summed E-state index contributed by atoms with van der Waals surface area (Å²) in [5, 5.41) is 9.19. The van der Waals surface area contributed by atoms with E-state index in [4.69, 9.17) is 11.6 Å². The fourth-order valence-corrected chi connectivity index (χ4v) is 1.89. The van der Waals surface area contributed by atoms with Crippen molar-refractivity contribution in [2.45, 2.75) is 17.7 Å². The molecule has 0 radical (unpaired) electrons. The zero-order valence-corrected chi connectivity index (χ0v) is 11.5. The Morgan fingerprint density at radius 2 is 1.50 bits per heavy atom. The molecule has 0 spiro atoms. The Labute approximate surface area is 124 Å². The standard InChI is InChI=1S/C11H7ClF6N4/c1-22-20-9(19-21-22)8(12)5-2-6(10(13,14)15)4-7(3-5)11(16,17)18/h2-4,8H,1H3. The van der Waals surface area contributed by atoms with Crippen molar-refractivity contribution in [3.05, 3.63) is 40.7 Å². The lowest BCUT2D eigenvalue weighted by Crippen LogP contribution is -2.12. The first-order valence-corrected chi connectivity index (χ1v) is 6.09. The fraction of sp³-hybridized carbons (Fsp3) is 0.364. The van der Waals surface area contributed by atoms with Crippen LogP contribution in [0, 0.1) is 0 Å². The highest BCUT2D eigenvalue weighted by Crippen LogP contribution is 2.39. The lowest BCUT2D eigenvalue weighted by Gasteiger charge is -2.15. The van der Waals surface area contributed by atoms with Gasteiger partial charge in [0.15, 0.2) is 5.82 Å².